The van der Waals surface area contributed by atoms with Crippen LogP contribution in [0.2, 0.25) is 0 Å². The molecule has 0 aromatic carbocycles. The van der Waals surface area contributed by atoms with E-state index >= 15 is 0 Å². The third-order valence-electron chi connectivity index (χ3n) is 0.483. The molecule has 1 rings (SSSR count). The van der Waals surface area contributed by atoms with E-state index in [-0.39, 0.29) is 5.24 Å². The highest BCUT2D eigenvalue weighted by atomic mass is 32.2. The van der Waals surface area contributed by atoms with Crippen LogP contribution in [0.25, 0.3) is 0 Å². The molecule has 1 amide bonds. The summed E-state index contributed by atoms with van der Waals surface area (Å²) in [6.07, 6.45) is 0. The van der Waals surface area contributed by atoms with E-state index in [4.69, 9.17) is 0 Å². The highest BCUT2D eigenvalue weighted by Gasteiger charge is 2.01. The molecule has 0 aromatic heterocycles. The minimum Gasteiger partial charge on any atom is -0.259 e. The Kier molecular flexibility index (Phi) is 1.76. The fourth-order valence-electron chi connectivity index (χ4n) is 0.232. The lowest BCUT2D eigenvalue weighted by atomic mass is 11.3. The van der Waals surface area contributed by atoms with Crippen molar-refractivity contribution < 1.29 is 4.79 Å². The molecular weight excluding hydrogens is 130 g/mol. The molecule has 0 N–H and O–H groups in total. The Bertz CT molecular complexity index is 112. The van der Waals surface area contributed by atoms with Crippen molar-refractivity contribution >= 4 is 34.3 Å². The summed E-state index contributed by atoms with van der Waals surface area (Å²) in [5, 5.41) is 0.751. The molecule has 2 nitrogen and oxygen atoms in total. The molecule has 0 radical (unpaired) electrons. The van der Waals surface area contributed by atoms with Crippen molar-refractivity contribution in [2.24, 2.45) is 4.99 Å². The first-order valence-corrected chi connectivity index (χ1v) is 3.74. The van der Waals surface area contributed by atoms with Gasteiger partial charge in [0, 0.05) is 0 Å². The first-order valence-electron chi connectivity index (χ1n) is 1.70. The molecule has 0 atom stereocenters. The van der Waals surface area contributed by atoms with Gasteiger partial charge in [0.25, 0.3) is 0 Å². The molecule has 0 saturated heterocycles. The SMILES string of the molecule is O=C1N=CSCS1. The fourth-order valence-corrected chi connectivity index (χ4v) is 1.52. The van der Waals surface area contributed by atoms with Crippen molar-refractivity contribution in [3.8, 4) is 0 Å². The zero-order valence-electron chi connectivity index (χ0n) is 3.46. The summed E-state index contributed by atoms with van der Waals surface area (Å²) >= 11 is 2.79. The van der Waals surface area contributed by atoms with Gasteiger partial charge in [0.2, 0.25) is 0 Å². The van der Waals surface area contributed by atoms with Crippen LogP contribution >= 0.6 is 23.5 Å². The summed E-state index contributed by atoms with van der Waals surface area (Å²) in [7, 11) is 0. The Hall–Kier alpha value is 0.0400. The summed E-state index contributed by atoms with van der Waals surface area (Å²) in [5.41, 5.74) is 1.58. The second-order valence-corrected chi connectivity index (χ2v) is 3.05. The van der Waals surface area contributed by atoms with Crippen LogP contribution in [0.4, 0.5) is 4.79 Å². The molecule has 0 unspecified atom stereocenters. The van der Waals surface area contributed by atoms with Crippen LogP contribution in [-0.4, -0.2) is 15.9 Å². The van der Waals surface area contributed by atoms with E-state index in [1.807, 2.05) is 0 Å². The monoisotopic (exact) mass is 133 g/mol. The molecule has 1 heterocycles. The summed E-state index contributed by atoms with van der Waals surface area (Å²) in [6, 6.07) is 0. The first-order chi connectivity index (χ1) is 3.39. The number of carbonyl (C=O) groups excluding carboxylic acids is 1. The second-order valence-electron chi connectivity index (χ2n) is 0.929. The van der Waals surface area contributed by atoms with Gasteiger partial charge in [-0.3, -0.25) is 4.79 Å². The topological polar surface area (TPSA) is 29.4 Å². The van der Waals surface area contributed by atoms with E-state index in [0.29, 0.717) is 0 Å². The Morgan fingerprint density at radius 3 is 3.00 bits per heavy atom. The van der Waals surface area contributed by atoms with Gasteiger partial charge in [-0.1, -0.05) is 11.8 Å². The van der Waals surface area contributed by atoms with Gasteiger partial charge >= 0.3 is 5.24 Å². The van der Waals surface area contributed by atoms with Crippen molar-refractivity contribution in [1.29, 1.82) is 0 Å². The smallest absolute Gasteiger partial charge is 0.259 e. The van der Waals surface area contributed by atoms with E-state index in [0.717, 1.165) is 5.08 Å². The van der Waals surface area contributed by atoms with E-state index in [1.54, 1.807) is 17.3 Å². The Labute approximate surface area is 49.8 Å². The van der Waals surface area contributed by atoms with E-state index in [1.165, 1.54) is 11.8 Å². The largest absolute Gasteiger partial charge is 0.306 e. The van der Waals surface area contributed by atoms with Crippen molar-refractivity contribution in [3.63, 3.8) is 0 Å². The van der Waals surface area contributed by atoms with Crippen molar-refractivity contribution in [2.45, 2.75) is 0 Å². The van der Waals surface area contributed by atoms with Crippen molar-refractivity contribution in [3.05, 3.63) is 0 Å². The van der Waals surface area contributed by atoms with Crippen LogP contribution in [0.15, 0.2) is 4.99 Å². The number of rotatable bonds is 0. The third-order valence-corrected chi connectivity index (χ3v) is 2.11. The summed E-state index contributed by atoms with van der Waals surface area (Å²) in [5.74, 6) is 0. The average Bonchev–Trinajstić information content (AvgIpc) is 1.69. The normalized spacial score (nSPS) is 20.3. The predicted molar refractivity (Wildman–Crippen MR) is 33.9 cm³/mol. The molecule has 0 fully saturated rings. The number of thioether (sulfide) groups is 2. The molecule has 0 aromatic rings. The standard InChI is InChI=1S/C3H3NOS2/c5-3-4-1-6-2-7-3/h1H,2H2. The maximum atomic E-state index is 10.2. The van der Waals surface area contributed by atoms with Gasteiger partial charge in [0.1, 0.15) is 0 Å². The van der Waals surface area contributed by atoms with Gasteiger partial charge in [0.15, 0.2) is 0 Å². The summed E-state index contributed by atoms with van der Waals surface area (Å²) in [4.78, 5) is 13.7. The zero-order chi connectivity index (χ0) is 5.11. The molecule has 0 spiro atoms. The number of amides is 1. The highest BCUT2D eigenvalue weighted by Crippen LogP contribution is 2.16. The van der Waals surface area contributed by atoms with Gasteiger partial charge in [-0.25, -0.2) is 4.99 Å². The molecule has 1 aliphatic heterocycles. The van der Waals surface area contributed by atoms with E-state index < -0.39 is 0 Å². The van der Waals surface area contributed by atoms with Crippen LogP contribution in [0.1, 0.15) is 0 Å². The van der Waals surface area contributed by atoms with Crippen LogP contribution < -0.4 is 0 Å². The fraction of sp³-hybridized carbons (Fsp3) is 0.333. The summed E-state index contributed by atoms with van der Waals surface area (Å²) < 4.78 is 0. The Balaban J connectivity index is 2.51. The Morgan fingerprint density at radius 2 is 2.71 bits per heavy atom. The minimum absolute atomic E-state index is 0.0706. The van der Waals surface area contributed by atoms with Crippen LogP contribution in [0.3, 0.4) is 0 Å². The van der Waals surface area contributed by atoms with Crippen LogP contribution in [-0.2, 0) is 0 Å². The maximum Gasteiger partial charge on any atom is 0.306 e. The lowest BCUT2D eigenvalue weighted by Gasteiger charge is -1.95. The maximum absolute atomic E-state index is 10.2. The van der Waals surface area contributed by atoms with Crippen LogP contribution in [0, 0.1) is 0 Å². The van der Waals surface area contributed by atoms with E-state index in [9.17, 15) is 4.79 Å². The summed E-state index contributed by atoms with van der Waals surface area (Å²) in [6.45, 7) is 0. The van der Waals surface area contributed by atoms with Crippen LogP contribution in [0.5, 0.6) is 0 Å². The number of nitrogens with zero attached hydrogens (tertiary/aromatic N) is 1. The Morgan fingerprint density at radius 1 is 1.86 bits per heavy atom. The quantitative estimate of drug-likeness (QED) is 0.502. The molecular formula is C3H3NOS2. The lowest BCUT2D eigenvalue weighted by molar-refractivity contribution is 0.267. The second kappa shape index (κ2) is 2.37. The molecule has 0 saturated carbocycles. The van der Waals surface area contributed by atoms with Gasteiger partial charge in [-0.05, 0) is 0 Å². The third kappa shape index (κ3) is 1.53. The molecule has 4 heteroatoms. The number of aliphatic imine (C=N–C) groups is 1. The zero-order valence-corrected chi connectivity index (χ0v) is 5.09. The molecule has 0 bridgehead atoms. The highest BCUT2D eigenvalue weighted by molar-refractivity contribution is 8.29. The van der Waals surface area contributed by atoms with Gasteiger partial charge in [-0.2, -0.15) is 0 Å². The lowest BCUT2D eigenvalue weighted by Crippen LogP contribution is -1.88. The van der Waals surface area contributed by atoms with Crippen molar-refractivity contribution in [2.75, 3.05) is 5.08 Å². The number of hydrogen-bond donors (Lipinski definition) is 0. The van der Waals surface area contributed by atoms with Gasteiger partial charge in [-0.15, -0.1) is 11.8 Å². The van der Waals surface area contributed by atoms with Gasteiger partial charge in [0.05, 0.1) is 10.6 Å². The molecule has 0 aliphatic carbocycles. The average molecular weight is 133 g/mol. The van der Waals surface area contributed by atoms with Gasteiger partial charge < -0.3 is 0 Å². The number of carbonyl (C=O) groups is 1. The molecule has 38 valence electrons. The molecule has 1 aliphatic rings. The predicted octanol–water partition coefficient (Wildman–Crippen LogP) is 1.57. The van der Waals surface area contributed by atoms with Crippen molar-refractivity contribution in [1.82, 2.24) is 0 Å². The molecule has 7 heavy (non-hydrogen) atoms. The number of hydrogen-bond acceptors (Lipinski definition) is 3. The first kappa shape index (κ1) is 5.18. The minimum atomic E-state index is -0.0706. The van der Waals surface area contributed by atoms with E-state index in [2.05, 4.69) is 4.99 Å².